The molecule has 0 fully saturated rings. The fourth-order valence-electron chi connectivity index (χ4n) is 2.33. The summed E-state index contributed by atoms with van der Waals surface area (Å²) in [5, 5.41) is 0. The van der Waals surface area contributed by atoms with Crippen LogP contribution >= 0.6 is 11.8 Å². The van der Waals surface area contributed by atoms with Crippen LogP contribution in [-0.2, 0) is 13.1 Å². The lowest BCUT2D eigenvalue weighted by Crippen LogP contribution is -2.18. The molecule has 5 heteroatoms. The summed E-state index contributed by atoms with van der Waals surface area (Å²) in [6, 6.07) is 10.1. The van der Waals surface area contributed by atoms with Crippen LogP contribution in [0.4, 0.5) is 0 Å². The zero-order valence-electron chi connectivity index (χ0n) is 13.5. The van der Waals surface area contributed by atoms with Crippen LogP contribution in [0.3, 0.4) is 0 Å². The van der Waals surface area contributed by atoms with E-state index in [1.165, 1.54) is 10.5 Å². The smallest absolute Gasteiger partial charge is 0.161 e. The standard InChI is InChI=1S/C17H22N2O2S/c1-19(12-14-7-5-6-8-18-14)11-13-9-15(20-2)16(21-3)10-17(13)22-4/h5-10H,11-12H2,1-4H3. The van der Waals surface area contributed by atoms with Crippen molar-refractivity contribution in [3.63, 3.8) is 0 Å². The molecule has 0 saturated carbocycles. The van der Waals surface area contributed by atoms with Crippen molar-refractivity contribution >= 4 is 11.8 Å². The van der Waals surface area contributed by atoms with Crippen molar-refractivity contribution < 1.29 is 9.47 Å². The van der Waals surface area contributed by atoms with Gasteiger partial charge in [-0.25, -0.2) is 0 Å². The van der Waals surface area contributed by atoms with Crippen LogP contribution < -0.4 is 9.47 Å². The second-order valence-electron chi connectivity index (χ2n) is 5.01. The predicted molar refractivity (Wildman–Crippen MR) is 90.7 cm³/mol. The maximum absolute atomic E-state index is 5.41. The summed E-state index contributed by atoms with van der Waals surface area (Å²) < 4.78 is 10.8. The highest BCUT2D eigenvalue weighted by Gasteiger charge is 2.12. The van der Waals surface area contributed by atoms with Crippen molar-refractivity contribution in [2.75, 3.05) is 27.5 Å². The van der Waals surface area contributed by atoms with Gasteiger partial charge < -0.3 is 9.47 Å². The molecule has 2 aromatic rings. The average molecular weight is 318 g/mol. The molecule has 2 rings (SSSR count). The van der Waals surface area contributed by atoms with Gasteiger partial charge in [0.25, 0.3) is 0 Å². The number of pyridine rings is 1. The minimum Gasteiger partial charge on any atom is -0.493 e. The van der Waals surface area contributed by atoms with E-state index in [2.05, 4.69) is 29.3 Å². The van der Waals surface area contributed by atoms with E-state index in [-0.39, 0.29) is 0 Å². The van der Waals surface area contributed by atoms with Gasteiger partial charge in [-0.2, -0.15) is 0 Å². The van der Waals surface area contributed by atoms with Crippen LogP contribution in [0.2, 0.25) is 0 Å². The molecule has 0 radical (unpaired) electrons. The first-order valence-electron chi connectivity index (χ1n) is 7.05. The Kier molecular flexibility index (Phi) is 6.10. The Morgan fingerprint density at radius 2 is 1.82 bits per heavy atom. The van der Waals surface area contributed by atoms with Crippen LogP contribution in [0.25, 0.3) is 0 Å². The third kappa shape index (κ3) is 4.15. The lowest BCUT2D eigenvalue weighted by atomic mass is 10.2. The number of aromatic nitrogens is 1. The average Bonchev–Trinajstić information content (AvgIpc) is 2.55. The molecule has 0 amide bonds. The molecule has 0 spiro atoms. The number of thioether (sulfide) groups is 1. The predicted octanol–water partition coefficient (Wildman–Crippen LogP) is 3.45. The molecule has 0 aliphatic rings. The fraction of sp³-hybridized carbons (Fsp3) is 0.353. The Hall–Kier alpha value is -1.72. The van der Waals surface area contributed by atoms with Gasteiger partial charge in [-0.05, 0) is 43.1 Å². The number of hydrogen-bond acceptors (Lipinski definition) is 5. The van der Waals surface area contributed by atoms with E-state index in [1.807, 2.05) is 30.5 Å². The maximum atomic E-state index is 5.41. The Bertz CT molecular complexity index is 605. The van der Waals surface area contributed by atoms with Gasteiger partial charge in [0.15, 0.2) is 11.5 Å². The molecule has 0 unspecified atom stereocenters. The molecule has 4 nitrogen and oxygen atoms in total. The Labute approximate surface area is 136 Å². The largest absolute Gasteiger partial charge is 0.493 e. The van der Waals surface area contributed by atoms with Crippen LogP contribution in [0.5, 0.6) is 11.5 Å². The van der Waals surface area contributed by atoms with E-state index in [4.69, 9.17) is 9.47 Å². The molecular weight excluding hydrogens is 296 g/mol. The van der Waals surface area contributed by atoms with E-state index in [9.17, 15) is 0 Å². The number of methoxy groups -OCH3 is 2. The molecule has 0 atom stereocenters. The Morgan fingerprint density at radius 1 is 1.09 bits per heavy atom. The Morgan fingerprint density at radius 3 is 2.41 bits per heavy atom. The second kappa shape index (κ2) is 8.06. The molecule has 0 bridgehead atoms. The van der Waals surface area contributed by atoms with Gasteiger partial charge in [-0.3, -0.25) is 9.88 Å². The monoisotopic (exact) mass is 318 g/mol. The van der Waals surface area contributed by atoms with E-state index in [0.29, 0.717) is 0 Å². The first-order chi connectivity index (χ1) is 10.7. The van der Waals surface area contributed by atoms with Gasteiger partial charge in [0.1, 0.15) is 0 Å². The van der Waals surface area contributed by atoms with Crippen LogP contribution in [0.15, 0.2) is 41.4 Å². The summed E-state index contributed by atoms with van der Waals surface area (Å²) in [5.41, 5.74) is 2.29. The molecule has 0 N–H and O–H groups in total. The molecular formula is C17H22N2O2S. The first-order valence-corrected chi connectivity index (χ1v) is 8.27. The number of nitrogens with zero attached hydrogens (tertiary/aromatic N) is 2. The summed E-state index contributed by atoms with van der Waals surface area (Å²) in [5.74, 6) is 1.53. The zero-order chi connectivity index (χ0) is 15.9. The summed E-state index contributed by atoms with van der Waals surface area (Å²) >= 11 is 1.71. The van der Waals surface area contributed by atoms with Crippen molar-refractivity contribution in [2.24, 2.45) is 0 Å². The SMILES string of the molecule is COc1cc(CN(C)Cc2ccccn2)c(SC)cc1OC. The molecule has 0 aliphatic heterocycles. The highest BCUT2D eigenvalue weighted by atomic mass is 32.2. The van der Waals surface area contributed by atoms with Gasteiger partial charge in [-0.15, -0.1) is 11.8 Å². The second-order valence-corrected chi connectivity index (χ2v) is 5.86. The number of ether oxygens (including phenoxy) is 2. The number of benzene rings is 1. The maximum Gasteiger partial charge on any atom is 0.161 e. The van der Waals surface area contributed by atoms with Crippen molar-refractivity contribution in [1.29, 1.82) is 0 Å². The molecule has 1 aromatic carbocycles. The van der Waals surface area contributed by atoms with Crippen LogP contribution in [0, 0.1) is 0 Å². The highest BCUT2D eigenvalue weighted by molar-refractivity contribution is 7.98. The van der Waals surface area contributed by atoms with Gasteiger partial charge in [0.2, 0.25) is 0 Å². The highest BCUT2D eigenvalue weighted by Crippen LogP contribution is 2.35. The number of hydrogen-bond donors (Lipinski definition) is 0. The third-order valence-corrected chi connectivity index (χ3v) is 4.20. The lowest BCUT2D eigenvalue weighted by Gasteiger charge is -2.19. The third-order valence-electron chi connectivity index (χ3n) is 3.38. The molecule has 22 heavy (non-hydrogen) atoms. The molecule has 0 aliphatic carbocycles. The van der Waals surface area contributed by atoms with Crippen molar-refractivity contribution in [3.05, 3.63) is 47.8 Å². The minimum absolute atomic E-state index is 0.765. The van der Waals surface area contributed by atoms with E-state index in [0.717, 1.165) is 30.3 Å². The van der Waals surface area contributed by atoms with Gasteiger partial charge >= 0.3 is 0 Å². The van der Waals surface area contributed by atoms with Crippen molar-refractivity contribution in [3.8, 4) is 11.5 Å². The summed E-state index contributed by atoms with van der Waals surface area (Å²) in [4.78, 5) is 7.81. The molecule has 1 heterocycles. The van der Waals surface area contributed by atoms with Crippen LogP contribution in [-0.4, -0.2) is 37.4 Å². The van der Waals surface area contributed by atoms with Gasteiger partial charge in [0, 0.05) is 24.2 Å². The molecule has 0 saturated heterocycles. The van der Waals surface area contributed by atoms with Crippen LogP contribution in [0.1, 0.15) is 11.3 Å². The quantitative estimate of drug-likeness (QED) is 0.731. The zero-order valence-corrected chi connectivity index (χ0v) is 14.3. The normalized spacial score (nSPS) is 10.8. The van der Waals surface area contributed by atoms with Gasteiger partial charge in [-0.1, -0.05) is 6.07 Å². The van der Waals surface area contributed by atoms with E-state index >= 15 is 0 Å². The topological polar surface area (TPSA) is 34.6 Å². The van der Waals surface area contributed by atoms with Crippen molar-refractivity contribution in [2.45, 2.75) is 18.0 Å². The molecule has 118 valence electrons. The van der Waals surface area contributed by atoms with Gasteiger partial charge in [0.05, 0.1) is 19.9 Å². The summed E-state index contributed by atoms with van der Waals surface area (Å²) in [7, 11) is 5.42. The fourth-order valence-corrected chi connectivity index (χ4v) is 2.94. The Balaban J connectivity index is 2.17. The first kappa shape index (κ1) is 16.6. The molecule has 1 aromatic heterocycles. The number of rotatable bonds is 7. The minimum atomic E-state index is 0.765. The van der Waals surface area contributed by atoms with E-state index in [1.54, 1.807) is 26.0 Å². The summed E-state index contributed by atoms with van der Waals surface area (Å²) in [6.45, 7) is 1.64. The lowest BCUT2D eigenvalue weighted by molar-refractivity contribution is 0.310. The summed E-state index contributed by atoms with van der Waals surface area (Å²) in [6.07, 6.45) is 3.90. The van der Waals surface area contributed by atoms with Crippen molar-refractivity contribution in [1.82, 2.24) is 9.88 Å². The van der Waals surface area contributed by atoms with E-state index < -0.39 is 0 Å².